The topological polar surface area (TPSA) is 90.7 Å². The number of carbonyl (C=O) groups excluding carboxylic acids is 2. The van der Waals surface area contributed by atoms with E-state index in [2.05, 4.69) is 0 Å². The Labute approximate surface area is 144 Å². The molecule has 0 unspecified atom stereocenters. The number of benzene rings is 1. The number of rotatable bonds is 6. The summed E-state index contributed by atoms with van der Waals surface area (Å²) in [7, 11) is -3.77. The van der Waals surface area contributed by atoms with Gasteiger partial charge in [0.1, 0.15) is 11.5 Å². The summed E-state index contributed by atoms with van der Waals surface area (Å²) in [5.74, 6) is -2.02. The largest absolute Gasteiger partial charge is 0.460 e. The van der Waals surface area contributed by atoms with E-state index in [0.717, 1.165) is 0 Å². The standard InChI is InChI=1S/C16H15ClO6S/c1-3-22-16(19)14-8-13(10(2)18)15(23-14)9-24(20,21)12-6-4-11(17)5-7-12/h4-8H,3,9H2,1-2H3. The molecule has 0 saturated heterocycles. The maximum Gasteiger partial charge on any atom is 0.374 e. The van der Waals surface area contributed by atoms with Gasteiger partial charge in [-0.15, -0.1) is 0 Å². The van der Waals surface area contributed by atoms with Crippen molar-refractivity contribution in [3.05, 3.63) is 52.4 Å². The first-order valence-corrected chi connectivity index (χ1v) is 9.06. The van der Waals surface area contributed by atoms with Crippen molar-refractivity contribution in [3.63, 3.8) is 0 Å². The lowest BCUT2D eigenvalue weighted by Gasteiger charge is -2.04. The molecule has 0 aliphatic carbocycles. The van der Waals surface area contributed by atoms with Crippen LogP contribution in [0.5, 0.6) is 0 Å². The van der Waals surface area contributed by atoms with Crippen molar-refractivity contribution in [2.45, 2.75) is 24.5 Å². The maximum absolute atomic E-state index is 12.5. The van der Waals surface area contributed by atoms with Gasteiger partial charge < -0.3 is 9.15 Å². The van der Waals surface area contributed by atoms with Gasteiger partial charge in [0, 0.05) is 11.1 Å². The Kier molecular flexibility index (Phi) is 5.46. The Balaban J connectivity index is 2.39. The van der Waals surface area contributed by atoms with E-state index in [1.165, 1.54) is 37.3 Å². The van der Waals surface area contributed by atoms with Crippen LogP contribution in [0.4, 0.5) is 0 Å². The average Bonchev–Trinajstić information content (AvgIpc) is 2.91. The summed E-state index contributed by atoms with van der Waals surface area (Å²) >= 11 is 5.75. The first-order chi connectivity index (χ1) is 11.2. The molecule has 2 rings (SSSR count). The smallest absolute Gasteiger partial charge is 0.374 e. The fourth-order valence-corrected chi connectivity index (χ4v) is 3.44. The zero-order valence-electron chi connectivity index (χ0n) is 13.0. The van der Waals surface area contributed by atoms with E-state index in [1.807, 2.05) is 0 Å². The third-order valence-corrected chi connectivity index (χ3v) is 5.04. The minimum atomic E-state index is -3.77. The number of ketones is 1. The highest BCUT2D eigenvalue weighted by Gasteiger charge is 2.25. The molecule has 8 heteroatoms. The highest BCUT2D eigenvalue weighted by atomic mass is 35.5. The molecule has 1 heterocycles. The van der Waals surface area contributed by atoms with Gasteiger partial charge in [-0.2, -0.15) is 0 Å². The van der Waals surface area contributed by atoms with E-state index in [1.54, 1.807) is 6.92 Å². The number of furan rings is 1. The molecule has 0 aliphatic heterocycles. The first-order valence-electron chi connectivity index (χ1n) is 7.03. The van der Waals surface area contributed by atoms with Gasteiger partial charge in [0.15, 0.2) is 15.6 Å². The molecule has 0 spiro atoms. The first kappa shape index (κ1) is 18.2. The second-order valence-corrected chi connectivity index (χ2v) is 7.36. The molecule has 1 aromatic heterocycles. The number of halogens is 1. The highest BCUT2D eigenvalue weighted by Crippen LogP contribution is 2.24. The van der Waals surface area contributed by atoms with Crippen LogP contribution in [0.15, 0.2) is 39.6 Å². The van der Waals surface area contributed by atoms with Gasteiger partial charge in [0.2, 0.25) is 5.76 Å². The van der Waals surface area contributed by atoms with Crippen LogP contribution in [-0.2, 0) is 20.3 Å². The highest BCUT2D eigenvalue weighted by molar-refractivity contribution is 7.90. The molecule has 0 saturated carbocycles. The van der Waals surface area contributed by atoms with E-state index < -0.39 is 27.3 Å². The van der Waals surface area contributed by atoms with Gasteiger partial charge in [0.25, 0.3) is 0 Å². The van der Waals surface area contributed by atoms with Crippen LogP contribution in [0.3, 0.4) is 0 Å². The summed E-state index contributed by atoms with van der Waals surface area (Å²) in [4.78, 5) is 23.5. The zero-order valence-corrected chi connectivity index (χ0v) is 14.6. The number of hydrogen-bond acceptors (Lipinski definition) is 6. The second-order valence-electron chi connectivity index (χ2n) is 4.94. The number of esters is 1. The molecule has 24 heavy (non-hydrogen) atoms. The van der Waals surface area contributed by atoms with Gasteiger partial charge in [-0.1, -0.05) is 11.6 Å². The quantitative estimate of drug-likeness (QED) is 0.572. The molecule has 2 aromatic rings. The van der Waals surface area contributed by atoms with E-state index in [4.69, 9.17) is 20.8 Å². The minimum Gasteiger partial charge on any atom is -0.460 e. The summed E-state index contributed by atoms with van der Waals surface area (Å²) in [6.45, 7) is 3.02. The van der Waals surface area contributed by atoms with Gasteiger partial charge in [0.05, 0.1) is 17.1 Å². The summed E-state index contributed by atoms with van der Waals surface area (Å²) in [6.07, 6.45) is 0. The molecule has 0 amide bonds. The van der Waals surface area contributed by atoms with Crippen molar-refractivity contribution in [1.82, 2.24) is 0 Å². The van der Waals surface area contributed by atoms with Crippen molar-refractivity contribution < 1.29 is 27.2 Å². The lowest BCUT2D eigenvalue weighted by atomic mass is 10.2. The van der Waals surface area contributed by atoms with Crippen LogP contribution in [0.25, 0.3) is 0 Å². The van der Waals surface area contributed by atoms with Gasteiger partial charge in [-0.3, -0.25) is 4.79 Å². The summed E-state index contributed by atoms with van der Waals surface area (Å²) in [6, 6.07) is 6.83. The van der Waals surface area contributed by atoms with Crippen molar-refractivity contribution >= 4 is 33.2 Å². The Morgan fingerprint density at radius 1 is 1.21 bits per heavy atom. The third kappa shape index (κ3) is 4.04. The van der Waals surface area contributed by atoms with Crippen LogP contribution in [-0.4, -0.2) is 26.8 Å². The van der Waals surface area contributed by atoms with E-state index in [9.17, 15) is 18.0 Å². The maximum atomic E-state index is 12.5. The van der Waals surface area contributed by atoms with E-state index in [-0.39, 0.29) is 28.6 Å². The van der Waals surface area contributed by atoms with Gasteiger partial charge >= 0.3 is 5.97 Å². The summed E-state index contributed by atoms with van der Waals surface area (Å²) in [5.41, 5.74) is 0.0376. The molecule has 128 valence electrons. The Morgan fingerprint density at radius 3 is 2.38 bits per heavy atom. The van der Waals surface area contributed by atoms with Gasteiger partial charge in [-0.25, -0.2) is 13.2 Å². The van der Waals surface area contributed by atoms with Crippen molar-refractivity contribution in [2.24, 2.45) is 0 Å². The van der Waals surface area contributed by atoms with Crippen molar-refractivity contribution in [1.29, 1.82) is 0 Å². The number of ether oxygens (including phenoxy) is 1. The van der Waals surface area contributed by atoms with Crippen LogP contribution in [0, 0.1) is 0 Å². The summed E-state index contributed by atoms with van der Waals surface area (Å²) < 4.78 is 35.0. The van der Waals surface area contributed by atoms with Crippen LogP contribution in [0.2, 0.25) is 5.02 Å². The van der Waals surface area contributed by atoms with Crippen LogP contribution in [0.1, 0.15) is 40.5 Å². The van der Waals surface area contributed by atoms with Crippen LogP contribution < -0.4 is 0 Å². The minimum absolute atomic E-state index is 0.0375. The number of Topliss-reactive ketones (excluding diaryl/α,β-unsaturated/α-hetero) is 1. The van der Waals surface area contributed by atoms with Crippen molar-refractivity contribution in [3.8, 4) is 0 Å². The SMILES string of the molecule is CCOC(=O)c1cc(C(C)=O)c(CS(=O)(=O)c2ccc(Cl)cc2)o1. The molecule has 0 aliphatic rings. The lowest BCUT2D eigenvalue weighted by molar-refractivity contribution is 0.0488. The van der Waals surface area contributed by atoms with E-state index in [0.29, 0.717) is 5.02 Å². The lowest BCUT2D eigenvalue weighted by Crippen LogP contribution is -2.07. The Hall–Kier alpha value is -2.12. The monoisotopic (exact) mass is 370 g/mol. The van der Waals surface area contributed by atoms with Gasteiger partial charge in [-0.05, 0) is 38.1 Å². The second kappa shape index (κ2) is 7.19. The average molecular weight is 371 g/mol. The number of sulfone groups is 1. The molecule has 0 bridgehead atoms. The fraction of sp³-hybridized carbons (Fsp3) is 0.250. The number of carbonyl (C=O) groups is 2. The zero-order chi connectivity index (χ0) is 17.9. The normalized spacial score (nSPS) is 11.3. The Morgan fingerprint density at radius 2 is 1.83 bits per heavy atom. The molecule has 6 nitrogen and oxygen atoms in total. The van der Waals surface area contributed by atoms with Crippen LogP contribution >= 0.6 is 11.6 Å². The fourth-order valence-electron chi connectivity index (χ4n) is 2.03. The molecule has 0 N–H and O–H groups in total. The molecular weight excluding hydrogens is 356 g/mol. The number of hydrogen-bond donors (Lipinski definition) is 0. The molecular formula is C16H15ClO6S. The molecule has 0 atom stereocenters. The third-order valence-electron chi connectivity index (χ3n) is 3.16. The predicted molar refractivity (Wildman–Crippen MR) is 87.0 cm³/mol. The predicted octanol–water partition coefficient (Wildman–Crippen LogP) is 3.29. The van der Waals surface area contributed by atoms with E-state index >= 15 is 0 Å². The molecule has 1 aromatic carbocycles. The van der Waals surface area contributed by atoms with Crippen molar-refractivity contribution in [2.75, 3.05) is 6.61 Å². The molecule has 0 radical (unpaired) electrons. The summed E-state index contributed by atoms with van der Waals surface area (Å²) in [5, 5.41) is 0.404. The Bertz CT molecular complexity index is 864. The molecule has 0 fully saturated rings.